The van der Waals surface area contributed by atoms with Crippen LogP contribution in [-0.4, -0.2) is 72.0 Å². The Morgan fingerprint density at radius 2 is 1.86 bits per heavy atom. The fourth-order valence-corrected chi connectivity index (χ4v) is 6.23. The summed E-state index contributed by atoms with van der Waals surface area (Å²) in [5.74, 6) is -0.624. The number of carboxylic acids is 1. The number of benzene rings is 2. The lowest BCUT2D eigenvalue weighted by molar-refractivity contribution is -0.137. The van der Waals surface area contributed by atoms with E-state index in [0.29, 0.717) is 36.3 Å². The van der Waals surface area contributed by atoms with Crippen molar-refractivity contribution in [1.82, 2.24) is 13.8 Å². The number of rotatable bonds is 9. The molecule has 0 radical (unpaired) electrons. The second kappa shape index (κ2) is 10.5. The molecular formula is C27H33N3O6S. The number of amides is 1. The summed E-state index contributed by atoms with van der Waals surface area (Å²) in [4.78, 5) is 26.0. The number of aromatic nitrogens is 1. The summed E-state index contributed by atoms with van der Waals surface area (Å²) >= 11 is 0. The second-order valence-electron chi connectivity index (χ2n) is 9.64. The number of hydrogen-bond acceptors (Lipinski definition) is 5. The van der Waals surface area contributed by atoms with Gasteiger partial charge in [0, 0.05) is 55.3 Å². The highest BCUT2D eigenvalue weighted by Gasteiger charge is 2.34. The van der Waals surface area contributed by atoms with E-state index in [4.69, 9.17) is 4.74 Å². The summed E-state index contributed by atoms with van der Waals surface area (Å²) in [6.45, 7) is 6.65. The van der Waals surface area contributed by atoms with Gasteiger partial charge in [0.1, 0.15) is 12.3 Å². The van der Waals surface area contributed by atoms with Gasteiger partial charge in [0.15, 0.2) is 0 Å². The van der Waals surface area contributed by atoms with Crippen LogP contribution in [0.1, 0.15) is 49.0 Å². The van der Waals surface area contributed by atoms with Gasteiger partial charge in [-0.3, -0.25) is 9.59 Å². The standard InChI is InChI=1S/C27H33N3O6S/c1-5-28(4)27(33)19-6-11-23-24(16-29(17-26(31)32)25(23)14-19)20-12-13-30(15-20)37(34,35)22-9-7-21(8-10-22)36-18(2)3/h6-11,14,16,18,20H,5,12-13,15,17H2,1-4H3,(H,31,32). The molecule has 37 heavy (non-hydrogen) atoms. The van der Waals surface area contributed by atoms with Crippen LogP contribution in [-0.2, 0) is 21.4 Å². The maximum atomic E-state index is 13.3. The first-order valence-corrected chi connectivity index (χ1v) is 13.8. The van der Waals surface area contributed by atoms with Crippen molar-refractivity contribution in [3.05, 3.63) is 59.8 Å². The van der Waals surface area contributed by atoms with Gasteiger partial charge in [0.2, 0.25) is 10.0 Å². The van der Waals surface area contributed by atoms with Crippen LogP contribution in [0.3, 0.4) is 0 Å². The second-order valence-corrected chi connectivity index (χ2v) is 11.6. The molecule has 1 amide bonds. The molecule has 0 spiro atoms. The molecule has 3 aromatic rings. The molecule has 10 heteroatoms. The van der Waals surface area contributed by atoms with Gasteiger partial charge in [-0.05, 0) is 69.2 Å². The van der Waals surface area contributed by atoms with Crippen molar-refractivity contribution in [1.29, 1.82) is 0 Å². The summed E-state index contributed by atoms with van der Waals surface area (Å²) < 4.78 is 35.4. The van der Waals surface area contributed by atoms with Crippen LogP contribution in [0.5, 0.6) is 5.75 Å². The van der Waals surface area contributed by atoms with E-state index < -0.39 is 16.0 Å². The van der Waals surface area contributed by atoms with Crippen molar-refractivity contribution in [3.8, 4) is 5.75 Å². The number of carbonyl (C=O) groups is 2. The molecular weight excluding hydrogens is 494 g/mol. The number of fused-ring (bicyclic) bond motifs is 1. The van der Waals surface area contributed by atoms with Crippen LogP contribution in [0.4, 0.5) is 0 Å². The van der Waals surface area contributed by atoms with E-state index in [-0.39, 0.29) is 35.9 Å². The van der Waals surface area contributed by atoms with Gasteiger partial charge in [-0.25, -0.2) is 8.42 Å². The molecule has 0 saturated carbocycles. The molecule has 1 unspecified atom stereocenters. The van der Waals surface area contributed by atoms with Crippen LogP contribution < -0.4 is 4.74 Å². The van der Waals surface area contributed by atoms with Crippen molar-refractivity contribution in [2.45, 2.75) is 50.7 Å². The average Bonchev–Trinajstić information content (AvgIpc) is 3.48. The van der Waals surface area contributed by atoms with Gasteiger partial charge < -0.3 is 19.3 Å². The minimum Gasteiger partial charge on any atom is -0.491 e. The first-order valence-electron chi connectivity index (χ1n) is 12.4. The molecule has 0 aliphatic carbocycles. The molecule has 1 saturated heterocycles. The lowest BCUT2D eigenvalue weighted by atomic mass is 9.97. The summed E-state index contributed by atoms with van der Waals surface area (Å²) in [5.41, 5.74) is 2.01. The summed E-state index contributed by atoms with van der Waals surface area (Å²) in [7, 11) is -1.98. The molecule has 1 aromatic heterocycles. The molecule has 198 valence electrons. The minimum absolute atomic E-state index is 0.00759. The van der Waals surface area contributed by atoms with Gasteiger partial charge in [-0.2, -0.15) is 4.31 Å². The number of ether oxygens (including phenoxy) is 1. The first kappa shape index (κ1) is 26.7. The van der Waals surface area contributed by atoms with E-state index in [1.54, 1.807) is 59.1 Å². The Labute approximate surface area is 217 Å². The molecule has 9 nitrogen and oxygen atoms in total. The zero-order valence-corrected chi connectivity index (χ0v) is 22.4. The highest BCUT2D eigenvalue weighted by atomic mass is 32.2. The third kappa shape index (κ3) is 5.50. The van der Waals surface area contributed by atoms with E-state index >= 15 is 0 Å². The molecule has 2 heterocycles. The van der Waals surface area contributed by atoms with Crippen molar-refractivity contribution in [2.75, 3.05) is 26.7 Å². The largest absolute Gasteiger partial charge is 0.491 e. The van der Waals surface area contributed by atoms with Crippen LogP contribution in [0.2, 0.25) is 0 Å². The maximum Gasteiger partial charge on any atom is 0.323 e. The predicted molar refractivity (Wildman–Crippen MR) is 141 cm³/mol. The Kier molecular flexibility index (Phi) is 7.61. The van der Waals surface area contributed by atoms with Crippen LogP contribution in [0, 0.1) is 0 Å². The summed E-state index contributed by atoms with van der Waals surface area (Å²) in [6, 6.07) is 11.8. The average molecular weight is 528 g/mol. The Bertz CT molecular complexity index is 1410. The van der Waals surface area contributed by atoms with Gasteiger partial charge in [0.25, 0.3) is 5.91 Å². The highest BCUT2D eigenvalue weighted by molar-refractivity contribution is 7.89. The SMILES string of the molecule is CCN(C)C(=O)c1ccc2c(C3CCN(S(=O)(=O)c4ccc(OC(C)C)cc4)C3)cn(CC(=O)O)c2c1. The number of sulfonamides is 1. The van der Waals surface area contributed by atoms with E-state index in [1.165, 1.54) is 4.31 Å². The summed E-state index contributed by atoms with van der Waals surface area (Å²) in [5, 5.41) is 10.3. The van der Waals surface area contributed by atoms with E-state index in [1.807, 2.05) is 26.8 Å². The Hall–Kier alpha value is -3.37. The predicted octanol–water partition coefficient (Wildman–Crippen LogP) is 3.78. The van der Waals surface area contributed by atoms with Gasteiger partial charge in [-0.15, -0.1) is 0 Å². The maximum absolute atomic E-state index is 13.3. The fraction of sp³-hybridized carbons (Fsp3) is 0.407. The normalized spacial score (nSPS) is 16.4. The molecule has 0 bridgehead atoms. The third-order valence-electron chi connectivity index (χ3n) is 6.71. The van der Waals surface area contributed by atoms with E-state index in [9.17, 15) is 23.1 Å². The van der Waals surface area contributed by atoms with Gasteiger partial charge in [-0.1, -0.05) is 6.07 Å². The zero-order chi connectivity index (χ0) is 26.9. The van der Waals surface area contributed by atoms with Crippen molar-refractivity contribution < 1.29 is 27.9 Å². The highest BCUT2D eigenvalue weighted by Crippen LogP contribution is 2.36. The minimum atomic E-state index is -3.69. The lowest BCUT2D eigenvalue weighted by Crippen LogP contribution is -2.28. The van der Waals surface area contributed by atoms with Crippen LogP contribution >= 0.6 is 0 Å². The summed E-state index contributed by atoms with van der Waals surface area (Å²) in [6.07, 6.45) is 2.39. The molecule has 1 fully saturated rings. The monoisotopic (exact) mass is 527 g/mol. The van der Waals surface area contributed by atoms with E-state index in [2.05, 4.69) is 0 Å². The number of carboxylic acid groups (broad SMARTS) is 1. The zero-order valence-electron chi connectivity index (χ0n) is 21.5. The molecule has 2 aromatic carbocycles. The Balaban J connectivity index is 1.62. The number of nitrogens with zero attached hydrogens (tertiary/aromatic N) is 3. The van der Waals surface area contributed by atoms with Crippen LogP contribution in [0.25, 0.3) is 10.9 Å². The van der Waals surface area contributed by atoms with Gasteiger partial charge >= 0.3 is 5.97 Å². The van der Waals surface area contributed by atoms with Crippen molar-refractivity contribution in [2.24, 2.45) is 0 Å². The fourth-order valence-electron chi connectivity index (χ4n) is 4.73. The smallest absolute Gasteiger partial charge is 0.323 e. The number of aliphatic carboxylic acids is 1. The first-order chi connectivity index (χ1) is 17.5. The van der Waals surface area contributed by atoms with Crippen molar-refractivity contribution in [3.63, 3.8) is 0 Å². The third-order valence-corrected chi connectivity index (χ3v) is 8.59. The number of hydrogen-bond donors (Lipinski definition) is 1. The quantitative estimate of drug-likeness (QED) is 0.454. The van der Waals surface area contributed by atoms with Crippen LogP contribution in [0.15, 0.2) is 53.6 Å². The number of carbonyl (C=O) groups excluding carboxylic acids is 1. The molecule has 1 aliphatic rings. The van der Waals surface area contributed by atoms with Crippen molar-refractivity contribution >= 4 is 32.8 Å². The topological polar surface area (TPSA) is 109 Å². The van der Waals surface area contributed by atoms with Gasteiger partial charge in [0.05, 0.1) is 11.0 Å². The lowest BCUT2D eigenvalue weighted by Gasteiger charge is -2.17. The van der Waals surface area contributed by atoms with E-state index in [0.717, 1.165) is 10.9 Å². The molecule has 1 N–H and O–H groups in total. The molecule has 4 rings (SSSR count). The Morgan fingerprint density at radius 3 is 2.49 bits per heavy atom. The Morgan fingerprint density at radius 1 is 1.16 bits per heavy atom. The molecule has 1 aliphatic heterocycles. The molecule has 1 atom stereocenters.